The van der Waals surface area contributed by atoms with Crippen LogP contribution in [0.4, 0.5) is 0 Å². The Morgan fingerprint density at radius 3 is 2.12 bits per heavy atom. The largest absolute Gasteiger partial charge is 0.468 e. The topological polar surface area (TPSA) is 26.3 Å². The summed E-state index contributed by atoms with van der Waals surface area (Å²) in [7, 11) is 1.46. The first-order valence-electron chi connectivity index (χ1n) is 7.78. The maximum absolute atomic E-state index is 12.9. The normalized spacial score (nSPS) is 19.2. The lowest BCUT2D eigenvalue weighted by Gasteiger charge is -2.18. The van der Waals surface area contributed by atoms with Crippen molar-refractivity contribution in [1.82, 2.24) is 0 Å². The fraction of sp³-hybridized carbons (Fsp3) is 0.0952. The minimum absolute atomic E-state index is 0.226. The predicted molar refractivity (Wildman–Crippen MR) is 97.7 cm³/mol. The first kappa shape index (κ1) is 14.9. The minimum Gasteiger partial charge on any atom is -0.468 e. The van der Waals surface area contributed by atoms with E-state index in [9.17, 15) is 4.79 Å². The molecule has 0 amide bonds. The molecule has 1 aliphatic rings. The molecule has 0 N–H and O–H groups in total. The quantitative estimate of drug-likeness (QED) is 0.643. The smallest absolute Gasteiger partial charge is 0.325 e. The van der Waals surface area contributed by atoms with Gasteiger partial charge in [-0.05, 0) is 28.1 Å². The van der Waals surface area contributed by atoms with Gasteiger partial charge in [0.25, 0.3) is 0 Å². The minimum atomic E-state index is -0.803. The van der Waals surface area contributed by atoms with Crippen LogP contribution in [0.1, 0.15) is 16.0 Å². The molecule has 0 bridgehead atoms. The van der Waals surface area contributed by atoms with Crippen LogP contribution >= 0.6 is 11.3 Å². The number of carbonyl (C=O) groups excluding carboxylic acids is 1. The molecule has 0 saturated carbocycles. The second-order valence-electron chi connectivity index (χ2n) is 5.70. The van der Waals surface area contributed by atoms with E-state index in [1.54, 1.807) is 11.3 Å². The van der Waals surface area contributed by atoms with Gasteiger partial charge in [-0.3, -0.25) is 4.79 Å². The van der Waals surface area contributed by atoms with Gasteiger partial charge >= 0.3 is 5.97 Å². The molecule has 118 valence electrons. The van der Waals surface area contributed by atoms with Crippen molar-refractivity contribution in [2.24, 2.45) is 0 Å². The van der Waals surface area contributed by atoms with Gasteiger partial charge in [-0.2, -0.15) is 0 Å². The monoisotopic (exact) mass is 332 g/mol. The molecular formula is C21H16O2S. The van der Waals surface area contributed by atoms with E-state index in [1.165, 1.54) is 7.11 Å². The number of hydrogen-bond acceptors (Lipinski definition) is 3. The molecule has 0 radical (unpaired) electrons. The number of esters is 1. The Hall–Kier alpha value is -2.65. The fourth-order valence-corrected chi connectivity index (χ4v) is 4.26. The highest BCUT2D eigenvalue weighted by Crippen LogP contribution is 2.65. The maximum Gasteiger partial charge on any atom is 0.325 e. The van der Waals surface area contributed by atoms with Crippen LogP contribution in [-0.2, 0) is 14.9 Å². The molecule has 2 nitrogen and oxygen atoms in total. The van der Waals surface area contributed by atoms with Crippen LogP contribution in [0, 0.1) is 0 Å². The van der Waals surface area contributed by atoms with Crippen molar-refractivity contribution in [2.75, 3.05) is 7.11 Å². The first-order valence-corrected chi connectivity index (χ1v) is 8.66. The molecule has 3 aromatic rings. The van der Waals surface area contributed by atoms with Crippen molar-refractivity contribution in [3.63, 3.8) is 0 Å². The van der Waals surface area contributed by atoms with Crippen LogP contribution < -0.4 is 0 Å². The number of benzene rings is 2. The van der Waals surface area contributed by atoms with E-state index in [0.717, 1.165) is 27.2 Å². The Labute approximate surface area is 145 Å². The van der Waals surface area contributed by atoms with Gasteiger partial charge < -0.3 is 4.74 Å². The summed E-state index contributed by atoms with van der Waals surface area (Å²) < 4.78 is 5.24. The molecule has 1 aromatic heterocycles. The summed E-state index contributed by atoms with van der Waals surface area (Å²) >= 11 is 1.65. The molecule has 2 aromatic carbocycles. The average molecular weight is 332 g/mol. The zero-order valence-electron chi connectivity index (χ0n) is 13.2. The van der Waals surface area contributed by atoms with E-state index in [1.807, 2.05) is 60.0 Å². The molecule has 1 unspecified atom stereocenters. The van der Waals surface area contributed by atoms with Crippen LogP contribution in [0.3, 0.4) is 0 Å². The van der Waals surface area contributed by atoms with Crippen molar-refractivity contribution in [3.05, 3.63) is 94.2 Å². The van der Waals surface area contributed by atoms with Crippen LogP contribution in [0.5, 0.6) is 0 Å². The summed E-state index contributed by atoms with van der Waals surface area (Å²) in [6.45, 7) is 0. The van der Waals surface area contributed by atoms with Crippen molar-refractivity contribution in [1.29, 1.82) is 0 Å². The molecule has 0 spiro atoms. The number of rotatable bonds is 4. The summed E-state index contributed by atoms with van der Waals surface area (Å²) in [5.74, 6) is -0.226. The summed E-state index contributed by atoms with van der Waals surface area (Å²) in [6, 6.07) is 24.1. The number of hydrogen-bond donors (Lipinski definition) is 0. The first-order chi connectivity index (χ1) is 11.8. The third-order valence-electron chi connectivity index (χ3n) is 4.47. The number of carbonyl (C=O) groups is 1. The van der Waals surface area contributed by atoms with Crippen molar-refractivity contribution in [2.45, 2.75) is 5.41 Å². The summed E-state index contributed by atoms with van der Waals surface area (Å²) in [5.41, 5.74) is 3.32. The molecule has 0 saturated heterocycles. The lowest BCUT2D eigenvalue weighted by Crippen LogP contribution is -2.27. The van der Waals surface area contributed by atoms with E-state index in [2.05, 4.69) is 18.2 Å². The number of thiophene rings is 1. The highest BCUT2D eigenvalue weighted by Gasteiger charge is 2.62. The molecule has 3 heteroatoms. The van der Waals surface area contributed by atoms with Crippen molar-refractivity contribution < 1.29 is 9.53 Å². The fourth-order valence-electron chi connectivity index (χ4n) is 3.43. The van der Waals surface area contributed by atoms with E-state index >= 15 is 0 Å². The Morgan fingerprint density at radius 1 is 0.875 bits per heavy atom. The van der Waals surface area contributed by atoms with Crippen LogP contribution in [-0.4, -0.2) is 13.1 Å². The van der Waals surface area contributed by atoms with E-state index in [4.69, 9.17) is 4.74 Å². The Kier molecular flexibility index (Phi) is 3.58. The molecule has 24 heavy (non-hydrogen) atoms. The van der Waals surface area contributed by atoms with E-state index in [0.29, 0.717) is 0 Å². The van der Waals surface area contributed by atoms with Crippen LogP contribution in [0.25, 0.3) is 11.1 Å². The SMILES string of the molecule is COC(=O)C1(c2ccccc2)C(c2ccccc2)=C1c1cccs1. The molecule has 4 rings (SSSR count). The van der Waals surface area contributed by atoms with Gasteiger partial charge in [-0.25, -0.2) is 0 Å². The lowest BCUT2D eigenvalue weighted by molar-refractivity contribution is -0.142. The summed E-state index contributed by atoms with van der Waals surface area (Å²) in [5, 5.41) is 2.04. The summed E-state index contributed by atoms with van der Waals surface area (Å²) in [4.78, 5) is 14.0. The number of ether oxygens (including phenoxy) is 1. The van der Waals surface area contributed by atoms with Gasteiger partial charge in [0.15, 0.2) is 0 Å². The zero-order chi connectivity index (χ0) is 16.6. The van der Waals surface area contributed by atoms with Gasteiger partial charge in [0, 0.05) is 10.5 Å². The van der Waals surface area contributed by atoms with E-state index in [-0.39, 0.29) is 5.97 Å². The van der Waals surface area contributed by atoms with Crippen LogP contribution in [0.2, 0.25) is 0 Å². The Bertz CT molecular complexity index is 896. The lowest BCUT2D eigenvalue weighted by atomic mass is 9.86. The molecule has 0 aliphatic heterocycles. The van der Waals surface area contributed by atoms with Gasteiger partial charge in [0.2, 0.25) is 0 Å². The van der Waals surface area contributed by atoms with Gasteiger partial charge in [0.05, 0.1) is 7.11 Å². The second-order valence-corrected chi connectivity index (χ2v) is 6.65. The highest BCUT2D eigenvalue weighted by atomic mass is 32.1. The molecule has 0 fully saturated rings. The standard InChI is InChI=1S/C21H16O2S/c1-23-20(22)21(16-11-6-3-7-12-16)18(15-9-4-2-5-10-15)19(21)17-13-8-14-24-17/h2-14H,1H3. The summed E-state index contributed by atoms with van der Waals surface area (Å²) in [6.07, 6.45) is 0. The third kappa shape index (κ3) is 2.05. The molecule has 1 atom stereocenters. The van der Waals surface area contributed by atoms with E-state index < -0.39 is 5.41 Å². The van der Waals surface area contributed by atoms with Crippen molar-refractivity contribution in [3.8, 4) is 0 Å². The Morgan fingerprint density at radius 2 is 1.54 bits per heavy atom. The maximum atomic E-state index is 12.9. The zero-order valence-corrected chi connectivity index (χ0v) is 14.0. The predicted octanol–water partition coefficient (Wildman–Crippen LogP) is 4.78. The third-order valence-corrected chi connectivity index (χ3v) is 5.35. The van der Waals surface area contributed by atoms with Crippen molar-refractivity contribution >= 4 is 28.5 Å². The van der Waals surface area contributed by atoms with Gasteiger partial charge in [-0.15, -0.1) is 11.3 Å². The molecule has 1 heterocycles. The second kappa shape index (κ2) is 5.77. The van der Waals surface area contributed by atoms with Gasteiger partial charge in [0.1, 0.15) is 5.41 Å². The number of methoxy groups -OCH3 is 1. The average Bonchev–Trinajstić information content (AvgIpc) is 3.06. The molecule has 1 aliphatic carbocycles. The Balaban J connectivity index is 1.96. The molecular weight excluding hydrogens is 316 g/mol. The highest BCUT2D eigenvalue weighted by molar-refractivity contribution is 7.11. The van der Waals surface area contributed by atoms with Crippen LogP contribution in [0.15, 0.2) is 78.2 Å². The van der Waals surface area contributed by atoms with Gasteiger partial charge in [-0.1, -0.05) is 66.7 Å².